The number of ether oxygens (including phenoxy) is 4. The van der Waals surface area contributed by atoms with Crippen molar-refractivity contribution in [2.45, 2.75) is 71.1 Å². The molecule has 0 radical (unpaired) electrons. The van der Waals surface area contributed by atoms with Crippen molar-refractivity contribution in [2.75, 3.05) is 13.7 Å². The van der Waals surface area contributed by atoms with Gasteiger partial charge in [-0.1, -0.05) is 87.0 Å². The Kier molecular flexibility index (Phi) is 10.8. The minimum atomic E-state index is -0.322. The summed E-state index contributed by atoms with van der Waals surface area (Å²) in [7, 11) is 1.44. The van der Waals surface area contributed by atoms with Gasteiger partial charge in [0.15, 0.2) is 0 Å². The number of hydrogen-bond acceptors (Lipinski definition) is 5. The Morgan fingerprint density at radius 1 is 1.03 bits per heavy atom. The van der Waals surface area contributed by atoms with Crippen LogP contribution in [0, 0.1) is 5.92 Å². The zero-order valence-corrected chi connectivity index (χ0v) is 20.7. The van der Waals surface area contributed by atoms with Crippen LogP contribution in [0.4, 0.5) is 0 Å². The average Bonchev–Trinajstić information content (AvgIpc) is 2.88. The Bertz CT molecular complexity index is 880. The number of carbonyl (C=O) groups is 1. The van der Waals surface area contributed by atoms with Crippen molar-refractivity contribution in [1.82, 2.24) is 0 Å². The third kappa shape index (κ3) is 7.52. The van der Waals surface area contributed by atoms with Crippen molar-refractivity contribution in [2.24, 2.45) is 5.92 Å². The Balaban J connectivity index is 1.78. The van der Waals surface area contributed by atoms with Crippen LogP contribution in [0.2, 0.25) is 0 Å². The second kappa shape index (κ2) is 14.1. The first-order chi connectivity index (χ1) is 16.7. The molecule has 1 aliphatic rings. The highest BCUT2D eigenvalue weighted by Crippen LogP contribution is 2.34. The molecule has 34 heavy (non-hydrogen) atoms. The Hall–Kier alpha value is -2.47. The molecule has 1 heterocycles. The first-order valence-corrected chi connectivity index (χ1v) is 12.4. The minimum absolute atomic E-state index is 0.145. The summed E-state index contributed by atoms with van der Waals surface area (Å²) in [6.07, 6.45) is 4.57. The normalized spacial score (nSPS) is 22.4. The summed E-state index contributed by atoms with van der Waals surface area (Å²) in [5.41, 5.74) is 3.34. The van der Waals surface area contributed by atoms with Gasteiger partial charge in [-0.3, -0.25) is 4.79 Å². The lowest BCUT2D eigenvalue weighted by Crippen LogP contribution is -2.46. The molecule has 0 aliphatic carbocycles. The summed E-state index contributed by atoms with van der Waals surface area (Å²) >= 11 is 0. The molecule has 0 amide bonds. The van der Waals surface area contributed by atoms with Crippen LogP contribution in [0.1, 0.15) is 50.7 Å². The smallest absolute Gasteiger partial charge is 0.311 e. The van der Waals surface area contributed by atoms with Crippen LogP contribution < -0.4 is 0 Å². The SMILES string of the molecule is CC/C=C1\[C@H](OCc2ccccc2)C[C@@H]([C@@H](CCC)C(=O)OC)O[C@@H]1COCc1ccccc1. The fourth-order valence-electron chi connectivity index (χ4n) is 4.50. The van der Waals surface area contributed by atoms with E-state index in [1.54, 1.807) is 0 Å². The Labute approximate surface area is 204 Å². The van der Waals surface area contributed by atoms with Crippen LogP contribution in [-0.4, -0.2) is 38.0 Å². The third-order valence-corrected chi connectivity index (χ3v) is 6.20. The number of carbonyl (C=O) groups excluding carboxylic acids is 1. The highest BCUT2D eigenvalue weighted by molar-refractivity contribution is 5.73. The van der Waals surface area contributed by atoms with Gasteiger partial charge in [-0.05, 0) is 29.5 Å². The summed E-state index contributed by atoms with van der Waals surface area (Å²) in [4.78, 5) is 12.6. The van der Waals surface area contributed by atoms with Crippen molar-refractivity contribution in [1.29, 1.82) is 0 Å². The van der Waals surface area contributed by atoms with Gasteiger partial charge in [-0.15, -0.1) is 0 Å². The monoisotopic (exact) mass is 466 g/mol. The molecule has 2 aromatic rings. The van der Waals surface area contributed by atoms with E-state index in [1.165, 1.54) is 7.11 Å². The molecule has 1 aliphatic heterocycles. The molecule has 0 N–H and O–H groups in total. The van der Waals surface area contributed by atoms with E-state index in [0.717, 1.165) is 29.5 Å². The molecular formula is C29H38O5. The van der Waals surface area contributed by atoms with Gasteiger partial charge in [-0.25, -0.2) is 0 Å². The number of methoxy groups -OCH3 is 1. The highest BCUT2D eigenvalue weighted by Gasteiger charge is 2.40. The Morgan fingerprint density at radius 3 is 2.26 bits per heavy atom. The summed E-state index contributed by atoms with van der Waals surface area (Å²) in [5, 5.41) is 0. The molecule has 0 aromatic heterocycles. The highest BCUT2D eigenvalue weighted by atomic mass is 16.6. The number of allylic oxidation sites excluding steroid dienone is 1. The molecule has 1 fully saturated rings. The fraction of sp³-hybridized carbons (Fsp3) is 0.483. The molecule has 184 valence electrons. The zero-order valence-electron chi connectivity index (χ0n) is 20.7. The van der Waals surface area contributed by atoms with Crippen molar-refractivity contribution in [3.05, 3.63) is 83.4 Å². The first kappa shape index (κ1) is 26.1. The number of hydrogen-bond donors (Lipinski definition) is 0. The maximum atomic E-state index is 12.6. The van der Waals surface area contributed by atoms with Crippen molar-refractivity contribution in [3.8, 4) is 0 Å². The van der Waals surface area contributed by atoms with Crippen LogP contribution >= 0.6 is 0 Å². The molecule has 0 saturated carbocycles. The van der Waals surface area contributed by atoms with E-state index in [1.807, 2.05) is 48.5 Å². The molecular weight excluding hydrogens is 428 g/mol. The van der Waals surface area contributed by atoms with Gasteiger partial charge in [-0.2, -0.15) is 0 Å². The molecule has 5 heteroatoms. The maximum Gasteiger partial charge on any atom is 0.311 e. The van der Waals surface area contributed by atoms with Gasteiger partial charge in [0, 0.05) is 6.42 Å². The summed E-state index contributed by atoms with van der Waals surface area (Å²) in [6, 6.07) is 20.3. The predicted molar refractivity (Wildman–Crippen MR) is 133 cm³/mol. The summed E-state index contributed by atoms with van der Waals surface area (Å²) in [6.45, 7) is 5.61. The number of benzene rings is 2. The number of rotatable bonds is 12. The van der Waals surface area contributed by atoms with E-state index in [2.05, 4.69) is 32.1 Å². The fourth-order valence-corrected chi connectivity index (χ4v) is 4.50. The maximum absolute atomic E-state index is 12.6. The summed E-state index contributed by atoms with van der Waals surface area (Å²) < 4.78 is 24.2. The molecule has 5 nitrogen and oxygen atoms in total. The second-order valence-corrected chi connectivity index (χ2v) is 8.72. The van der Waals surface area contributed by atoms with Gasteiger partial charge in [0.2, 0.25) is 0 Å². The van der Waals surface area contributed by atoms with Crippen LogP contribution in [0.15, 0.2) is 72.3 Å². The van der Waals surface area contributed by atoms with Crippen molar-refractivity contribution in [3.63, 3.8) is 0 Å². The summed E-state index contributed by atoms with van der Waals surface area (Å²) in [5.74, 6) is -0.543. The first-order valence-electron chi connectivity index (χ1n) is 12.4. The third-order valence-electron chi connectivity index (χ3n) is 6.20. The van der Waals surface area contributed by atoms with E-state index >= 15 is 0 Å². The minimum Gasteiger partial charge on any atom is -0.469 e. The largest absolute Gasteiger partial charge is 0.469 e. The molecule has 0 bridgehead atoms. The molecule has 2 aromatic carbocycles. The lowest BCUT2D eigenvalue weighted by atomic mass is 9.86. The van der Waals surface area contributed by atoms with E-state index in [9.17, 15) is 4.79 Å². The standard InChI is InChI=1S/C29H38O5/c1-4-12-24-26(33-20-23-16-10-7-11-17-23)18-27(25(13-5-2)29(30)31-3)34-28(24)21-32-19-22-14-8-6-9-15-22/h6-12,14-17,25-28H,4-5,13,18-21H2,1-3H3/b24-12+/t25-,26-,27+,28-/m1/s1. The van der Waals surface area contributed by atoms with Crippen LogP contribution in [0.5, 0.6) is 0 Å². The van der Waals surface area contributed by atoms with Crippen molar-refractivity contribution >= 4 is 5.97 Å². The van der Waals surface area contributed by atoms with Gasteiger partial charge < -0.3 is 18.9 Å². The van der Waals surface area contributed by atoms with Gasteiger partial charge in [0.1, 0.15) is 6.10 Å². The number of esters is 1. The van der Waals surface area contributed by atoms with E-state index in [4.69, 9.17) is 18.9 Å². The van der Waals surface area contributed by atoms with Crippen LogP contribution in [-0.2, 0) is 37.0 Å². The zero-order chi connectivity index (χ0) is 24.2. The van der Waals surface area contributed by atoms with Crippen LogP contribution in [0.3, 0.4) is 0 Å². The quantitative estimate of drug-likeness (QED) is 0.289. The van der Waals surface area contributed by atoms with Crippen LogP contribution in [0.25, 0.3) is 0 Å². The van der Waals surface area contributed by atoms with Gasteiger partial charge >= 0.3 is 5.97 Å². The molecule has 1 saturated heterocycles. The van der Waals surface area contributed by atoms with E-state index in [-0.39, 0.29) is 30.2 Å². The van der Waals surface area contributed by atoms with Crippen molar-refractivity contribution < 1.29 is 23.7 Å². The topological polar surface area (TPSA) is 54.0 Å². The predicted octanol–water partition coefficient (Wildman–Crippen LogP) is 5.87. The second-order valence-electron chi connectivity index (χ2n) is 8.72. The molecule has 0 spiro atoms. The molecule has 3 rings (SSSR count). The lowest BCUT2D eigenvalue weighted by molar-refractivity contribution is -0.163. The van der Waals surface area contributed by atoms with E-state index < -0.39 is 0 Å². The Morgan fingerprint density at radius 2 is 1.68 bits per heavy atom. The lowest BCUT2D eigenvalue weighted by Gasteiger charge is -2.40. The van der Waals surface area contributed by atoms with Gasteiger partial charge in [0.25, 0.3) is 0 Å². The molecule has 4 atom stereocenters. The van der Waals surface area contributed by atoms with Gasteiger partial charge in [0.05, 0.1) is 45.1 Å². The van der Waals surface area contributed by atoms with E-state index in [0.29, 0.717) is 32.7 Å². The average molecular weight is 467 g/mol. The molecule has 0 unspecified atom stereocenters.